The summed E-state index contributed by atoms with van der Waals surface area (Å²) in [6.45, 7) is 1.18. The Morgan fingerprint density at radius 2 is 1.93 bits per heavy atom. The van der Waals surface area contributed by atoms with Gasteiger partial charge in [0.15, 0.2) is 0 Å². The molecule has 4 N–H and O–H groups in total. The molecule has 1 aromatic carbocycles. The maximum absolute atomic E-state index is 14.9. The highest BCUT2D eigenvalue weighted by molar-refractivity contribution is 7.88. The molecular weight excluding hydrogens is 550 g/mol. The minimum Gasteiger partial charge on any atom is -0.323 e. The zero-order valence-corrected chi connectivity index (χ0v) is 22.6. The van der Waals surface area contributed by atoms with Crippen LogP contribution in [0.2, 0.25) is 0 Å². The van der Waals surface area contributed by atoms with Gasteiger partial charge in [0, 0.05) is 49.7 Å². The number of anilines is 1. The maximum atomic E-state index is 14.9. The van der Waals surface area contributed by atoms with Crippen molar-refractivity contribution in [3.8, 4) is 0 Å². The summed E-state index contributed by atoms with van der Waals surface area (Å²) in [5.74, 6) is -5.30. The third kappa shape index (κ3) is 7.14. The molecule has 2 heterocycles. The van der Waals surface area contributed by atoms with Crippen molar-refractivity contribution in [2.24, 2.45) is 11.7 Å². The normalized spacial score (nSPS) is 21.8. The molecule has 0 spiro atoms. The number of pyridine rings is 1. The number of nitrogens with one attached hydrogen (secondary N) is 2. The highest BCUT2D eigenvalue weighted by atomic mass is 32.2. The number of nitrogens with two attached hydrogens (primary N) is 1. The van der Waals surface area contributed by atoms with E-state index in [1.165, 1.54) is 28.7 Å². The van der Waals surface area contributed by atoms with Crippen molar-refractivity contribution in [2.45, 2.75) is 37.3 Å². The van der Waals surface area contributed by atoms with Gasteiger partial charge in [-0.3, -0.25) is 9.78 Å². The molecule has 2 aromatic rings. The van der Waals surface area contributed by atoms with E-state index >= 15 is 0 Å². The molecule has 0 bridgehead atoms. The molecular formula is C27H31F4N5O3S. The number of aromatic nitrogens is 1. The summed E-state index contributed by atoms with van der Waals surface area (Å²) in [6, 6.07) is 3.35. The van der Waals surface area contributed by atoms with Gasteiger partial charge in [0.25, 0.3) is 0 Å². The molecule has 2 aliphatic rings. The van der Waals surface area contributed by atoms with Crippen LogP contribution in [0.15, 0.2) is 60.5 Å². The minimum absolute atomic E-state index is 0.0458. The predicted molar refractivity (Wildman–Crippen MR) is 143 cm³/mol. The molecule has 0 radical (unpaired) electrons. The summed E-state index contributed by atoms with van der Waals surface area (Å²) in [4.78, 5) is 17.2. The number of rotatable bonds is 9. The van der Waals surface area contributed by atoms with Crippen molar-refractivity contribution in [1.82, 2.24) is 14.6 Å². The van der Waals surface area contributed by atoms with E-state index in [1.54, 1.807) is 0 Å². The third-order valence-electron chi connectivity index (χ3n) is 7.22. The lowest BCUT2D eigenvalue weighted by molar-refractivity contribution is -0.118. The second-order valence-corrected chi connectivity index (χ2v) is 12.0. The highest BCUT2D eigenvalue weighted by Crippen LogP contribution is 2.38. The molecule has 0 saturated carbocycles. The Bertz CT molecular complexity index is 1400. The molecule has 1 aliphatic heterocycles. The van der Waals surface area contributed by atoms with Gasteiger partial charge in [-0.25, -0.2) is 26.0 Å². The largest absolute Gasteiger partial charge is 0.323 e. The van der Waals surface area contributed by atoms with Crippen LogP contribution >= 0.6 is 0 Å². The average molecular weight is 582 g/mol. The van der Waals surface area contributed by atoms with Crippen LogP contribution in [0.25, 0.3) is 0 Å². The SMILES string of the molecule is CS(=O)(=O)N1CCNC[C@@H]1CCc1c(F)cncc1NC(=O)[C@@H](N)[C@@H](c1ccc(F)cc1)C1C=C(F)C=C(F)C1. The fraction of sp³-hybridized carbons (Fsp3) is 0.407. The van der Waals surface area contributed by atoms with Gasteiger partial charge in [-0.05, 0) is 42.5 Å². The molecule has 4 rings (SSSR count). The Morgan fingerprint density at radius 3 is 2.60 bits per heavy atom. The molecule has 1 aliphatic carbocycles. The van der Waals surface area contributed by atoms with E-state index in [4.69, 9.17) is 5.73 Å². The van der Waals surface area contributed by atoms with Crippen LogP contribution in [-0.4, -0.2) is 61.6 Å². The lowest BCUT2D eigenvalue weighted by Crippen LogP contribution is -2.53. The summed E-state index contributed by atoms with van der Waals surface area (Å²) in [5, 5.41) is 5.73. The predicted octanol–water partition coefficient (Wildman–Crippen LogP) is 3.30. The van der Waals surface area contributed by atoms with Crippen LogP contribution in [0.3, 0.4) is 0 Å². The fourth-order valence-electron chi connectivity index (χ4n) is 5.32. The van der Waals surface area contributed by atoms with Gasteiger partial charge in [0.2, 0.25) is 15.9 Å². The van der Waals surface area contributed by atoms with Crippen molar-refractivity contribution in [2.75, 3.05) is 31.2 Å². The lowest BCUT2D eigenvalue weighted by atomic mass is 9.77. The van der Waals surface area contributed by atoms with E-state index < -0.39 is 63.1 Å². The molecule has 8 nitrogen and oxygen atoms in total. The van der Waals surface area contributed by atoms with E-state index in [2.05, 4.69) is 15.6 Å². The lowest BCUT2D eigenvalue weighted by Gasteiger charge is -2.34. The van der Waals surface area contributed by atoms with Crippen LogP contribution in [0.5, 0.6) is 0 Å². The van der Waals surface area contributed by atoms with Crippen molar-refractivity contribution >= 4 is 21.6 Å². The Balaban J connectivity index is 1.56. The van der Waals surface area contributed by atoms with E-state index in [0.717, 1.165) is 30.7 Å². The van der Waals surface area contributed by atoms with Gasteiger partial charge in [-0.15, -0.1) is 0 Å². The third-order valence-corrected chi connectivity index (χ3v) is 8.55. The Hall–Kier alpha value is -3.13. The number of allylic oxidation sites excluding steroid dienone is 4. The zero-order chi connectivity index (χ0) is 29.0. The van der Waals surface area contributed by atoms with Gasteiger partial charge in [-0.2, -0.15) is 4.31 Å². The molecule has 13 heteroatoms. The summed E-state index contributed by atoms with van der Waals surface area (Å²) in [6.07, 6.45) is 5.44. The number of amides is 1. The number of halogens is 4. The number of benzene rings is 1. The van der Waals surface area contributed by atoms with Crippen LogP contribution in [0.4, 0.5) is 23.2 Å². The second-order valence-electron chi connectivity index (χ2n) is 10.0. The van der Waals surface area contributed by atoms with E-state index in [-0.39, 0.29) is 37.1 Å². The first-order chi connectivity index (χ1) is 18.9. The summed E-state index contributed by atoms with van der Waals surface area (Å²) < 4.78 is 82.6. The van der Waals surface area contributed by atoms with E-state index in [0.29, 0.717) is 18.7 Å². The number of sulfonamides is 1. The van der Waals surface area contributed by atoms with Crippen molar-refractivity contribution in [3.63, 3.8) is 0 Å². The quantitative estimate of drug-likeness (QED) is 0.392. The topological polar surface area (TPSA) is 117 Å². The fourth-order valence-corrected chi connectivity index (χ4v) is 6.46. The van der Waals surface area contributed by atoms with E-state index in [9.17, 15) is 30.8 Å². The first-order valence-electron chi connectivity index (χ1n) is 12.8. The van der Waals surface area contributed by atoms with Crippen molar-refractivity contribution < 1.29 is 30.8 Å². The molecule has 216 valence electrons. The minimum atomic E-state index is -3.47. The molecule has 1 aromatic heterocycles. The van der Waals surface area contributed by atoms with Gasteiger partial charge in [0.1, 0.15) is 23.3 Å². The van der Waals surface area contributed by atoms with Gasteiger partial charge >= 0.3 is 0 Å². The van der Waals surface area contributed by atoms with Crippen LogP contribution < -0.4 is 16.4 Å². The van der Waals surface area contributed by atoms with Gasteiger partial charge < -0.3 is 16.4 Å². The first kappa shape index (κ1) is 29.8. The van der Waals surface area contributed by atoms with Crippen molar-refractivity contribution in [1.29, 1.82) is 0 Å². The molecule has 1 amide bonds. The first-order valence-corrected chi connectivity index (χ1v) is 14.6. The molecule has 1 fully saturated rings. The van der Waals surface area contributed by atoms with Crippen LogP contribution in [0.1, 0.15) is 29.9 Å². The number of hydrogen-bond acceptors (Lipinski definition) is 6. The average Bonchev–Trinajstić information content (AvgIpc) is 2.88. The molecule has 1 unspecified atom stereocenters. The smallest absolute Gasteiger partial charge is 0.241 e. The monoisotopic (exact) mass is 581 g/mol. The standard InChI is InChI=1S/C27H31F4N5O3S/c1-40(38,39)36-9-8-33-13-21(36)6-7-22-23(31)14-34-15-24(22)35-27(37)26(32)25(16-2-4-18(28)5-3-16)17-10-19(29)12-20(30)11-17/h2-5,10,12,14-15,17,21,25-26,33H,6-9,11,13,32H2,1H3,(H,35,37)/t17?,21-,25-,26-/m0/s1. The Morgan fingerprint density at radius 1 is 1.20 bits per heavy atom. The number of nitrogens with zero attached hydrogens (tertiary/aromatic N) is 2. The number of carbonyl (C=O) groups is 1. The zero-order valence-electron chi connectivity index (χ0n) is 21.8. The van der Waals surface area contributed by atoms with Gasteiger partial charge in [-0.1, -0.05) is 12.1 Å². The summed E-state index contributed by atoms with van der Waals surface area (Å²) in [7, 11) is -3.47. The van der Waals surface area contributed by atoms with Crippen LogP contribution in [0, 0.1) is 17.6 Å². The number of hydrogen-bond donors (Lipinski definition) is 3. The molecule has 4 atom stereocenters. The van der Waals surface area contributed by atoms with Gasteiger partial charge in [0.05, 0.1) is 30.4 Å². The molecule has 40 heavy (non-hydrogen) atoms. The second kappa shape index (κ2) is 12.6. The number of carbonyl (C=O) groups excluding carboxylic acids is 1. The highest BCUT2D eigenvalue weighted by Gasteiger charge is 2.35. The Kier molecular flexibility index (Phi) is 9.39. The summed E-state index contributed by atoms with van der Waals surface area (Å²) in [5.41, 5.74) is 6.91. The van der Waals surface area contributed by atoms with E-state index in [1.807, 2.05) is 0 Å². The van der Waals surface area contributed by atoms with Crippen LogP contribution in [-0.2, 0) is 21.2 Å². The summed E-state index contributed by atoms with van der Waals surface area (Å²) >= 11 is 0. The Labute approximate surface area is 230 Å². The van der Waals surface area contributed by atoms with Crippen molar-refractivity contribution in [3.05, 3.63) is 83.2 Å². The molecule has 1 saturated heterocycles. The maximum Gasteiger partial charge on any atom is 0.241 e. The number of piperazine rings is 1.